The van der Waals surface area contributed by atoms with Crippen LogP contribution in [0.25, 0.3) is 0 Å². The summed E-state index contributed by atoms with van der Waals surface area (Å²) >= 11 is 0. The molecule has 1 aliphatic heterocycles. The molecule has 3 N–H and O–H groups in total. The summed E-state index contributed by atoms with van der Waals surface area (Å²) in [5, 5.41) is 14.5. The maximum atomic E-state index is 11.8. The van der Waals surface area contributed by atoms with Gasteiger partial charge >= 0.3 is 12.0 Å². The number of nitrogens with one attached hydrogen (secondary N) is 2. The van der Waals surface area contributed by atoms with Crippen LogP contribution >= 0.6 is 0 Å². The molecule has 1 atom stereocenters. The number of carboxylic acid groups (broad SMARTS) is 1. The molecule has 1 aromatic rings. The van der Waals surface area contributed by atoms with Gasteiger partial charge in [-0.25, -0.2) is 9.59 Å². The van der Waals surface area contributed by atoms with E-state index >= 15 is 0 Å². The molecule has 0 saturated carbocycles. The van der Waals surface area contributed by atoms with Crippen molar-refractivity contribution in [3.05, 3.63) is 29.3 Å². The molecule has 1 aromatic carbocycles. The number of hydrogen-bond donors (Lipinski definition) is 3. The summed E-state index contributed by atoms with van der Waals surface area (Å²) in [4.78, 5) is 25.0. The Hall–Kier alpha value is -2.08. The van der Waals surface area contributed by atoms with Gasteiger partial charge in [0.15, 0.2) is 0 Å². The number of likely N-dealkylation sites (tertiary alicyclic amines) is 1. The van der Waals surface area contributed by atoms with Crippen LogP contribution in [0.5, 0.6) is 0 Å². The highest BCUT2D eigenvalue weighted by Crippen LogP contribution is 2.16. The van der Waals surface area contributed by atoms with E-state index in [0.717, 1.165) is 19.5 Å². The van der Waals surface area contributed by atoms with Crippen molar-refractivity contribution >= 4 is 17.7 Å². The fourth-order valence-corrected chi connectivity index (χ4v) is 2.59. The van der Waals surface area contributed by atoms with E-state index < -0.39 is 5.97 Å². The second-order valence-corrected chi connectivity index (χ2v) is 5.59. The van der Waals surface area contributed by atoms with Crippen molar-refractivity contribution < 1.29 is 14.7 Å². The molecule has 0 radical (unpaired) electrons. The molecule has 1 heterocycles. The van der Waals surface area contributed by atoms with Gasteiger partial charge in [-0.3, -0.25) is 0 Å². The zero-order chi connectivity index (χ0) is 15.4. The van der Waals surface area contributed by atoms with Crippen molar-refractivity contribution in [2.75, 3.05) is 32.0 Å². The fourth-order valence-electron chi connectivity index (χ4n) is 2.59. The molecule has 2 amide bonds. The highest BCUT2D eigenvalue weighted by Gasteiger charge is 2.19. The van der Waals surface area contributed by atoms with Crippen molar-refractivity contribution in [2.45, 2.75) is 13.3 Å². The first-order valence-electron chi connectivity index (χ1n) is 7.03. The molecule has 1 saturated heterocycles. The molecule has 0 spiro atoms. The van der Waals surface area contributed by atoms with Crippen molar-refractivity contribution in [2.24, 2.45) is 5.92 Å². The van der Waals surface area contributed by atoms with Gasteiger partial charge in [0, 0.05) is 18.8 Å². The molecule has 0 aliphatic carbocycles. The van der Waals surface area contributed by atoms with E-state index in [4.69, 9.17) is 5.11 Å². The van der Waals surface area contributed by atoms with Crippen molar-refractivity contribution in [3.63, 3.8) is 0 Å². The largest absolute Gasteiger partial charge is 0.478 e. The Kier molecular flexibility index (Phi) is 4.80. The summed E-state index contributed by atoms with van der Waals surface area (Å²) in [6.07, 6.45) is 1.10. The number of nitrogens with zero attached hydrogens (tertiary/aromatic N) is 1. The first-order chi connectivity index (χ1) is 9.95. The molecule has 6 nitrogen and oxygen atoms in total. The standard InChI is InChI=1S/C15H21N3O3/c1-10-7-12(3-4-13(10)14(19)20)17-15(21)16-8-11-5-6-18(2)9-11/h3-4,7,11H,5-6,8-9H2,1-2H3,(H,19,20)(H2,16,17,21). The third kappa shape index (κ3) is 4.19. The van der Waals surface area contributed by atoms with E-state index in [0.29, 0.717) is 23.7 Å². The van der Waals surface area contributed by atoms with E-state index in [2.05, 4.69) is 22.6 Å². The summed E-state index contributed by atoms with van der Waals surface area (Å²) < 4.78 is 0. The van der Waals surface area contributed by atoms with Crippen LogP contribution in [0.2, 0.25) is 0 Å². The number of carbonyl (C=O) groups is 2. The zero-order valence-corrected chi connectivity index (χ0v) is 12.3. The second kappa shape index (κ2) is 6.58. The van der Waals surface area contributed by atoms with E-state index in [9.17, 15) is 9.59 Å². The minimum atomic E-state index is -0.964. The number of hydrogen-bond acceptors (Lipinski definition) is 3. The summed E-state index contributed by atoms with van der Waals surface area (Å²) in [6.45, 7) is 4.44. The van der Waals surface area contributed by atoms with Crippen molar-refractivity contribution in [1.82, 2.24) is 10.2 Å². The molecule has 114 valence electrons. The van der Waals surface area contributed by atoms with Gasteiger partial charge in [-0.05, 0) is 56.6 Å². The lowest BCUT2D eigenvalue weighted by molar-refractivity contribution is 0.0696. The number of amides is 2. The Bertz CT molecular complexity index is 545. The Labute approximate surface area is 124 Å². The SMILES string of the molecule is Cc1cc(NC(=O)NCC2CCN(C)C2)ccc1C(=O)O. The minimum Gasteiger partial charge on any atom is -0.478 e. The number of benzene rings is 1. The highest BCUT2D eigenvalue weighted by molar-refractivity contribution is 5.92. The van der Waals surface area contributed by atoms with Crippen LogP contribution in [0.1, 0.15) is 22.3 Å². The van der Waals surface area contributed by atoms with Gasteiger partial charge < -0.3 is 20.6 Å². The van der Waals surface area contributed by atoms with Crippen LogP contribution in [0.15, 0.2) is 18.2 Å². The molecule has 2 rings (SSSR count). The number of anilines is 1. The molecular formula is C15H21N3O3. The molecule has 1 fully saturated rings. The maximum absolute atomic E-state index is 11.8. The van der Waals surface area contributed by atoms with Gasteiger partial charge in [-0.15, -0.1) is 0 Å². The summed E-state index contributed by atoms with van der Waals surface area (Å²) in [5.41, 5.74) is 1.46. The Morgan fingerprint density at radius 1 is 1.43 bits per heavy atom. The summed E-state index contributed by atoms with van der Waals surface area (Å²) in [5.74, 6) is -0.467. The number of rotatable bonds is 4. The molecule has 6 heteroatoms. The first kappa shape index (κ1) is 15.3. The average molecular weight is 291 g/mol. The van der Waals surface area contributed by atoms with Crippen LogP contribution in [-0.2, 0) is 0 Å². The minimum absolute atomic E-state index is 0.245. The number of aromatic carboxylic acids is 1. The van der Waals surface area contributed by atoms with Gasteiger partial charge in [0.1, 0.15) is 0 Å². The quantitative estimate of drug-likeness (QED) is 0.789. The summed E-state index contributed by atoms with van der Waals surface area (Å²) in [7, 11) is 2.08. The highest BCUT2D eigenvalue weighted by atomic mass is 16.4. The molecule has 0 bridgehead atoms. The lowest BCUT2D eigenvalue weighted by atomic mass is 10.1. The van der Waals surface area contributed by atoms with Gasteiger partial charge in [0.25, 0.3) is 0 Å². The van der Waals surface area contributed by atoms with Crippen LogP contribution in [-0.4, -0.2) is 48.7 Å². The van der Waals surface area contributed by atoms with E-state index in [1.807, 2.05) is 0 Å². The zero-order valence-electron chi connectivity index (χ0n) is 12.3. The predicted molar refractivity (Wildman–Crippen MR) is 80.8 cm³/mol. The topological polar surface area (TPSA) is 81.7 Å². The molecule has 21 heavy (non-hydrogen) atoms. The second-order valence-electron chi connectivity index (χ2n) is 5.59. The van der Waals surface area contributed by atoms with Gasteiger partial charge in [0.2, 0.25) is 0 Å². The summed E-state index contributed by atoms with van der Waals surface area (Å²) in [6, 6.07) is 4.50. The van der Waals surface area contributed by atoms with E-state index in [1.165, 1.54) is 6.07 Å². The molecule has 0 aromatic heterocycles. The van der Waals surface area contributed by atoms with Crippen LogP contribution < -0.4 is 10.6 Å². The van der Waals surface area contributed by atoms with Crippen molar-refractivity contribution in [1.29, 1.82) is 0 Å². The maximum Gasteiger partial charge on any atom is 0.335 e. The fraction of sp³-hybridized carbons (Fsp3) is 0.467. The Morgan fingerprint density at radius 2 is 2.19 bits per heavy atom. The van der Waals surface area contributed by atoms with Crippen LogP contribution in [0.3, 0.4) is 0 Å². The van der Waals surface area contributed by atoms with E-state index in [1.54, 1.807) is 19.1 Å². The number of carbonyl (C=O) groups excluding carboxylic acids is 1. The Balaban J connectivity index is 1.85. The number of carboxylic acids is 1. The van der Waals surface area contributed by atoms with Crippen LogP contribution in [0.4, 0.5) is 10.5 Å². The average Bonchev–Trinajstić information content (AvgIpc) is 2.82. The first-order valence-corrected chi connectivity index (χ1v) is 7.03. The monoisotopic (exact) mass is 291 g/mol. The van der Waals surface area contributed by atoms with Gasteiger partial charge in [-0.2, -0.15) is 0 Å². The Morgan fingerprint density at radius 3 is 2.76 bits per heavy atom. The van der Waals surface area contributed by atoms with Crippen LogP contribution in [0, 0.1) is 12.8 Å². The van der Waals surface area contributed by atoms with Crippen molar-refractivity contribution in [3.8, 4) is 0 Å². The number of urea groups is 1. The third-order valence-corrected chi connectivity index (χ3v) is 3.75. The normalized spacial score (nSPS) is 18.5. The lowest BCUT2D eigenvalue weighted by Gasteiger charge is -2.13. The van der Waals surface area contributed by atoms with Gasteiger partial charge in [0.05, 0.1) is 5.56 Å². The molecular weight excluding hydrogens is 270 g/mol. The number of aryl methyl sites for hydroxylation is 1. The van der Waals surface area contributed by atoms with E-state index in [-0.39, 0.29) is 11.6 Å². The molecule has 1 aliphatic rings. The third-order valence-electron chi connectivity index (χ3n) is 3.75. The molecule has 1 unspecified atom stereocenters. The predicted octanol–water partition coefficient (Wildman–Crippen LogP) is 1.77. The smallest absolute Gasteiger partial charge is 0.335 e. The van der Waals surface area contributed by atoms with Gasteiger partial charge in [-0.1, -0.05) is 0 Å². The lowest BCUT2D eigenvalue weighted by Crippen LogP contribution is -2.33.